The quantitative estimate of drug-likeness (QED) is 0.570. The minimum atomic E-state index is -5.00. The average Bonchev–Trinajstić information content (AvgIpc) is 3.12. The Bertz CT molecular complexity index is 881. The Morgan fingerprint density at radius 1 is 1.13 bits per heavy atom. The second-order valence-electron chi connectivity index (χ2n) is 6.48. The number of halogens is 3. The largest absolute Gasteiger partial charge is 0.493 e. The van der Waals surface area contributed by atoms with E-state index < -0.39 is 48.9 Å². The molecule has 2 amide bonds. The van der Waals surface area contributed by atoms with Crippen LogP contribution in [-0.4, -0.2) is 42.8 Å². The zero-order valence-corrected chi connectivity index (χ0v) is 16.5. The van der Waals surface area contributed by atoms with E-state index >= 15 is 0 Å². The zero-order chi connectivity index (χ0) is 22.4. The summed E-state index contributed by atoms with van der Waals surface area (Å²) in [6.07, 6.45) is -5.85. The number of alkyl halides is 3. The van der Waals surface area contributed by atoms with Gasteiger partial charge >= 0.3 is 6.18 Å². The van der Waals surface area contributed by atoms with E-state index in [0.717, 1.165) is 6.07 Å². The summed E-state index contributed by atoms with van der Waals surface area (Å²) in [6.45, 7) is 2.62. The number of rotatable bonds is 9. The Kier molecular flexibility index (Phi) is 7.49. The van der Waals surface area contributed by atoms with Crippen molar-refractivity contribution in [3.63, 3.8) is 0 Å². The molecule has 1 aromatic carbocycles. The smallest absolute Gasteiger partial charge is 0.424 e. The summed E-state index contributed by atoms with van der Waals surface area (Å²) in [7, 11) is 0. The second-order valence-corrected chi connectivity index (χ2v) is 6.48. The molecule has 0 aliphatic carbocycles. The number of hydrogen-bond donors (Lipinski definition) is 3. The summed E-state index contributed by atoms with van der Waals surface area (Å²) in [4.78, 5) is 24.1. The highest BCUT2D eigenvalue weighted by Crippen LogP contribution is 2.41. The maximum absolute atomic E-state index is 13.4. The van der Waals surface area contributed by atoms with Crippen LogP contribution < -0.4 is 15.4 Å². The third kappa shape index (κ3) is 5.53. The first-order valence-corrected chi connectivity index (χ1v) is 9.21. The third-order valence-electron chi connectivity index (χ3n) is 4.27. The van der Waals surface area contributed by atoms with Crippen LogP contribution in [0.5, 0.6) is 5.75 Å². The molecule has 1 heterocycles. The molecular formula is C20H23F3N2O5. The lowest BCUT2D eigenvalue weighted by molar-refractivity contribution is -0.274. The second kappa shape index (κ2) is 9.66. The van der Waals surface area contributed by atoms with Crippen LogP contribution in [0.3, 0.4) is 0 Å². The lowest BCUT2D eigenvalue weighted by atomic mass is 9.95. The number of carbonyl (C=O) groups excluding carboxylic acids is 2. The van der Waals surface area contributed by atoms with Crippen molar-refractivity contribution < 1.29 is 37.0 Å². The van der Waals surface area contributed by atoms with Crippen LogP contribution in [-0.2, 0) is 10.4 Å². The van der Waals surface area contributed by atoms with E-state index in [4.69, 9.17) is 9.15 Å². The maximum atomic E-state index is 13.4. The first kappa shape index (κ1) is 23.3. The number of carbonyl (C=O) groups is 2. The lowest BCUT2D eigenvalue weighted by Gasteiger charge is -2.28. The average molecular weight is 428 g/mol. The van der Waals surface area contributed by atoms with E-state index in [9.17, 15) is 27.9 Å². The number of furan rings is 1. The fourth-order valence-electron chi connectivity index (χ4n) is 2.70. The van der Waals surface area contributed by atoms with E-state index in [1.807, 2.05) is 0 Å². The molecule has 0 unspecified atom stereocenters. The maximum Gasteiger partial charge on any atom is 0.424 e. The Labute approximate surface area is 171 Å². The number of amides is 2. The molecule has 0 aliphatic heterocycles. The summed E-state index contributed by atoms with van der Waals surface area (Å²) in [5.41, 5.74) is -3.01. The van der Waals surface area contributed by atoms with Crippen LogP contribution in [0.15, 0.2) is 40.8 Å². The van der Waals surface area contributed by atoms with Crippen LogP contribution in [0.4, 0.5) is 13.2 Å². The summed E-state index contributed by atoms with van der Waals surface area (Å²) in [5.74, 6) is -1.36. The highest BCUT2D eigenvalue weighted by Gasteiger charge is 2.56. The topological polar surface area (TPSA) is 101 Å². The van der Waals surface area contributed by atoms with E-state index in [-0.39, 0.29) is 11.3 Å². The number of aryl methyl sites for hydroxylation is 1. The molecule has 10 heteroatoms. The highest BCUT2D eigenvalue weighted by atomic mass is 19.4. The van der Waals surface area contributed by atoms with E-state index in [1.54, 1.807) is 25.1 Å². The van der Waals surface area contributed by atoms with Gasteiger partial charge in [0.2, 0.25) is 11.5 Å². The molecule has 30 heavy (non-hydrogen) atoms. The SMILES string of the molecule is CCOc1ccccc1C(=O)NCC(=O)NCC[C@](O)(c1ccc(C)o1)C(F)(F)F. The Morgan fingerprint density at radius 2 is 1.83 bits per heavy atom. The van der Waals surface area contributed by atoms with Gasteiger partial charge in [0.25, 0.3) is 5.91 Å². The first-order chi connectivity index (χ1) is 14.1. The monoisotopic (exact) mass is 428 g/mol. The molecule has 0 fully saturated rings. The van der Waals surface area contributed by atoms with E-state index in [1.165, 1.54) is 19.1 Å². The van der Waals surface area contributed by atoms with Crippen molar-refractivity contribution in [3.05, 3.63) is 53.5 Å². The summed E-state index contributed by atoms with van der Waals surface area (Å²) >= 11 is 0. The normalized spacial score (nSPS) is 13.4. The predicted octanol–water partition coefficient (Wildman–Crippen LogP) is 2.67. The van der Waals surface area contributed by atoms with Crippen molar-refractivity contribution in [1.29, 1.82) is 0 Å². The molecule has 2 rings (SSSR count). The van der Waals surface area contributed by atoms with Crippen molar-refractivity contribution in [2.24, 2.45) is 0 Å². The molecule has 1 aromatic heterocycles. The van der Waals surface area contributed by atoms with Gasteiger partial charge in [0, 0.05) is 13.0 Å². The molecule has 0 saturated carbocycles. The van der Waals surface area contributed by atoms with Gasteiger partial charge < -0.3 is 24.9 Å². The van der Waals surface area contributed by atoms with Gasteiger partial charge in [-0.1, -0.05) is 12.1 Å². The Balaban J connectivity index is 1.90. The molecule has 3 N–H and O–H groups in total. The highest BCUT2D eigenvalue weighted by molar-refractivity contribution is 5.98. The van der Waals surface area contributed by atoms with Crippen molar-refractivity contribution in [3.8, 4) is 5.75 Å². The first-order valence-electron chi connectivity index (χ1n) is 9.21. The molecule has 1 atom stereocenters. The number of para-hydroxylation sites is 1. The van der Waals surface area contributed by atoms with Crippen LogP contribution in [0.2, 0.25) is 0 Å². The van der Waals surface area contributed by atoms with Crippen molar-refractivity contribution in [2.45, 2.75) is 32.0 Å². The van der Waals surface area contributed by atoms with Gasteiger partial charge in [0.1, 0.15) is 17.3 Å². The molecule has 0 radical (unpaired) electrons. The number of nitrogens with one attached hydrogen (secondary N) is 2. The Hall–Kier alpha value is -3.01. The molecule has 0 spiro atoms. The van der Waals surface area contributed by atoms with Gasteiger partial charge in [-0.05, 0) is 38.1 Å². The van der Waals surface area contributed by atoms with Gasteiger partial charge in [0.05, 0.1) is 18.7 Å². The molecule has 0 saturated heterocycles. The van der Waals surface area contributed by atoms with Crippen molar-refractivity contribution >= 4 is 11.8 Å². The number of benzene rings is 1. The number of aliphatic hydroxyl groups is 1. The van der Waals surface area contributed by atoms with Gasteiger partial charge in [-0.2, -0.15) is 13.2 Å². The van der Waals surface area contributed by atoms with Gasteiger partial charge in [0.15, 0.2) is 0 Å². The van der Waals surface area contributed by atoms with Crippen LogP contribution in [0.25, 0.3) is 0 Å². The fraction of sp³-hybridized carbons (Fsp3) is 0.400. The molecule has 7 nitrogen and oxygen atoms in total. The molecule has 0 bridgehead atoms. The number of ether oxygens (including phenoxy) is 1. The van der Waals surface area contributed by atoms with Gasteiger partial charge in [-0.25, -0.2) is 0 Å². The standard InChI is InChI=1S/C20H23F3N2O5/c1-3-29-15-7-5-4-6-14(15)18(27)25-12-17(26)24-11-10-19(28,20(21,22)23)16-9-8-13(2)30-16/h4-9,28H,3,10-12H2,1-2H3,(H,24,26)(H,25,27)/t19-/m0/s1. The van der Waals surface area contributed by atoms with Crippen molar-refractivity contribution in [2.75, 3.05) is 19.7 Å². The molecule has 164 valence electrons. The van der Waals surface area contributed by atoms with Crippen LogP contribution in [0, 0.1) is 6.92 Å². The summed E-state index contributed by atoms with van der Waals surface area (Å²) in [5, 5.41) is 14.8. The van der Waals surface area contributed by atoms with Crippen LogP contribution in [0.1, 0.15) is 35.2 Å². The fourth-order valence-corrected chi connectivity index (χ4v) is 2.70. The van der Waals surface area contributed by atoms with Crippen molar-refractivity contribution in [1.82, 2.24) is 10.6 Å². The minimum absolute atomic E-state index is 0.215. The number of hydrogen-bond acceptors (Lipinski definition) is 5. The Morgan fingerprint density at radius 3 is 2.43 bits per heavy atom. The predicted molar refractivity (Wildman–Crippen MR) is 101 cm³/mol. The summed E-state index contributed by atoms with van der Waals surface area (Å²) < 4.78 is 50.4. The lowest BCUT2D eigenvalue weighted by Crippen LogP contribution is -2.45. The zero-order valence-electron chi connectivity index (χ0n) is 16.5. The van der Waals surface area contributed by atoms with E-state index in [2.05, 4.69) is 10.6 Å². The minimum Gasteiger partial charge on any atom is -0.493 e. The van der Waals surface area contributed by atoms with E-state index in [0.29, 0.717) is 12.4 Å². The van der Waals surface area contributed by atoms with Gasteiger partial charge in [-0.15, -0.1) is 0 Å². The van der Waals surface area contributed by atoms with Crippen LogP contribution >= 0.6 is 0 Å². The molecule has 2 aromatic rings. The summed E-state index contributed by atoms with van der Waals surface area (Å²) in [6, 6.07) is 8.80. The van der Waals surface area contributed by atoms with Gasteiger partial charge in [-0.3, -0.25) is 9.59 Å². The molecular weight excluding hydrogens is 405 g/mol. The molecule has 0 aliphatic rings. The third-order valence-corrected chi connectivity index (χ3v) is 4.27.